The lowest BCUT2D eigenvalue weighted by molar-refractivity contribution is 0.108. The van der Waals surface area contributed by atoms with Crippen molar-refractivity contribution in [2.75, 3.05) is 0 Å². The van der Waals surface area contributed by atoms with Gasteiger partial charge in [0.15, 0.2) is 0 Å². The molecule has 0 aromatic heterocycles. The molecule has 0 atom stereocenters. The van der Waals surface area contributed by atoms with Crippen molar-refractivity contribution in [2.45, 2.75) is 20.3 Å². The van der Waals surface area contributed by atoms with E-state index in [1.165, 1.54) is 5.56 Å². The summed E-state index contributed by atoms with van der Waals surface area (Å²) < 4.78 is 0. The SMILES string of the molecule is C=Cc1ccc(Cc2ccccc2)cc1C(=O)Cl.CC. The molecule has 20 heavy (non-hydrogen) atoms. The molecule has 0 N–H and O–H groups in total. The topological polar surface area (TPSA) is 17.1 Å². The Balaban J connectivity index is 0.000000956. The molecule has 1 nitrogen and oxygen atoms in total. The number of carbonyl (C=O) groups excluding carboxylic acids is 1. The lowest BCUT2D eigenvalue weighted by Crippen LogP contribution is -1.96. The van der Waals surface area contributed by atoms with Crippen molar-refractivity contribution in [2.24, 2.45) is 0 Å². The van der Waals surface area contributed by atoms with Gasteiger partial charge in [0.1, 0.15) is 0 Å². The van der Waals surface area contributed by atoms with E-state index in [2.05, 4.69) is 18.7 Å². The second kappa shape index (κ2) is 8.34. The lowest BCUT2D eigenvalue weighted by Gasteiger charge is -2.06. The number of carbonyl (C=O) groups is 1. The molecule has 2 rings (SSSR count). The summed E-state index contributed by atoms with van der Waals surface area (Å²) in [6.45, 7) is 7.68. The maximum Gasteiger partial charge on any atom is 0.253 e. The first kappa shape index (κ1) is 16.2. The van der Waals surface area contributed by atoms with Gasteiger partial charge in [-0.25, -0.2) is 0 Å². The fraction of sp³-hybridized carbons (Fsp3) is 0.167. The number of halogens is 1. The van der Waals surface area contributed by atoms with Gasteiger partial charge in [0.2, 0.25) is 0 Å². The lowest BCUT2D eigenvalue weighted by atomic mass is 10.00. The van der Waals surface area contributed by atoms with Crippen molar-refractivity contribution in [1.29, 1.82) is 0 Å². The predicted molar refractivity (Wildman–Crippen MR) is 87.3 cm³/mol. The first-order valence-corrected chi connectivity index (χ1v) is 7.07. The fourth-order valence-corrected chi connectivity index (χ4v) is 2.06. The average Bonchev–Trinajstić information content (AvgIpc) is 2.50. The highest BCUT2D eigenvalue weighted by molar-refractivity contribution is 6.68. The Hall–Kier alpha value is -1.86. The third kappa shape index (κ3) is 4.36. The molecule has 2 heteroatoms. The highest BCUT2D eigenvalue weighted by atomic mass is 35.5. The van der Waals surface area contributed by atoms with Gasteiger partial charge in [-0.15, -0.1) is 0 Å². The maximum absolute atomic E-state index is 11.3. The molecule has 0 fully saturated rings. The average molecular weight is 287 g/mol. The van der Waals surface area contributed by atoms with E-state index in [0.717, 1.165) is 17.5 Å². The van der Waals surface area contributed by atoms with E-state index in [-0.39, 0.29) is 0 Å². The molecule has 0 amide bonds. The Labute approximate surface area is 125 Å². The normalized spacial score (nSPS) is 9.35. The van der Waals surface area contributed by atoms with Crippen LogP contribution in [0.4, 0.5) is 0 Å². The van der Waals surface area contributed by atoms with E-state index < -0.39 is 5.24 Å². The summed E-state index contributed by atoms with van der Waals surface area (Å²) in [7, 11) is 0. The van der Waals surface area contributed by atoms with Crippen molar-refractivity contribution in [3.05, 3.63) is 77.4 Å². The van der Waals surface area contributed by atoms with Crippen LogP contribution in [0.3, 0.4) is 0 Å². The third-order valence-corrected chi connectivity index (χ3v) is 3.00. The largest absolute Gasteiger partial charge is 0.276 e. The Morgan fingerprint density at radius 1 is 1.10 bits per heavy atom. The highest BCUT2D eigenvalue weighted by Gasteiger charge is 2.08. The van der Waals surface area contributed by atoms with Crippen molar-refractivity contribution < 1.29 is 4.79 Å². The van der Waals surface area contributed by atoms with Gasteiger partial charge in [-0.3, -0.25) is 4.79 Å². The highest BCUT2D eigenvalue weighted by Crippen LogP contribution is 2.18. The van der Waals surface area contributed by atoms with Crippen LogP contribution < -0.4 is 0 Å². The van der Waals surface area contributed by atoms with E-state index in [0.29, 0.717) is 5.56 Å². The fourth-order valence-electron chi connectivity index (χ4n) is 1.89. The minimum atomic E-state index is -0.445. The zero-order valence-electron chi connectivity index (χ0n) is 11.9. The molecule has 0 aliphatic heterocycles. The summed E-state index contributed by atoms with van der Waals surface area (Å²) >= 11 is 5.58. The minimum Gasteiger partial charge on any atom is -0.276 e. The molecule has 104 valence electrons. The van der Waals surface area contributed by atoms with Crippen LogP contribution in [0, 0.1) is 0 Å². The Bertz CT molecular complexity index is 573. The molecular weight excluding hydrogens is 268 g/mol. The van der Waals surface area contributed by atoms with Crippen LogP contribution in [0.2, 0.25) is 0 Å². The number of hydrogen-bond donors (Lipinski definition) is 0. The molecule has 0 aliphatic carbocycles. The van der Waals surface area contributed by atoms with Gasteiger partial charge in [-0.1, -0.05) is 69.0 Å². The first-order valence-electron chi connectivity index (χ1n) is 6.70. The maximum atomic E-state index is 11.3. The van der Waals surface area contributed by atoms with Crippen LogP contribution in [0.15, 0.2) is 55.1 Å². The second-order valence-electron chi connectivity index (χ2n) is 4.06. The summed E-state index contributed by atoms with van der Waals surface area (Å²) in [5, 5.41) is -0.445. The molecule has 0 aliphatic rings. The van der Waals surface area contributed by atoms with E-state index in [1.54, 1.807) is 6.08 Å². The quantitative estimate of drug-likeness (QED) is 0.695. The molecule has 2 aromatic rings. The van der Waals surface area contributed by atoms with Gasteiger partial charge >= 0.3 is 0 Å². The van der Waals surface area contributed by atoms with Gasteiger partial charge < -0.3 is 0 Å². The summed E-state index contributed by atoms with van der Waals surface area (Å²) in [4.78, 5) is 11.3. The zero-order valence-corrected chi connectivity index (χ0v) is 12.7. The molecule has 0 unspecified atom stereocenters. The summed E-state index contributed by atoms with van der Waals surface area (Å²) in [5.41, 5.74) is 3.56. The Morgan fingerprint density at radius 2 is 1.75 bits per heavy atom. The first-order chi connectivity index (χ1) is 9.70. The summed E-state index contributed by atoms with van der Waals surface area (Å²) in [6.07, 6.45) is 2.43. The minimum absolute atomic E-state index is 0.445. The molecule has 0 saturated carbocycles. The Morgan fingerprint density at radius 3 is 2.30 bits per heavy atom. The van der Waals surface area contributed by atoms with Gasteiger partial charge in [0.05, 0.1) is 0 Å². The van der Waals surface area contributed by atoms with E-state index in [4.69, 9.17) is 11.6 Å². The van der Waals surface area contributed by atoms with Crippen LogP contribution in [0.25, 0.3) is 6.08 Å². The summed E-state index contributed by atoms with van der Waals surface area (Å²) in [6, 6.07) is 15.8. The van der Waals surface area contributed by atoms with E-state index >= 15 is 0 Å². The number of hydrogen-bond acceptors (Lipinski definition) is 1. The standard InChI is InChI=1S/C16H13ClO.C2H6/c1-2-14-9-8-13(11-15(14)16(17)18)10-12-6-4-3-5-7-12;1-2/h2-9,11H,1,10H2;1-2H3. The van der Waals surface area contributed by atoms with Crippen LogP contribution in [-0.2, 0) is 6.42 Å². The third-order valence-electron chi connectivity index (χ3n) is 2.80. The van der Waals surface area contributed by atoms with E-state index in [9.17, 15) is 4.79 Å². The molecule has 0 bridgehead atoms. The van der Waals surface area contributed by atoms with Crippen LogP contribution in [0.1, 0.15) is 40.9 Å². The van der Waals surface area contributed by atoms with Gasteiger partial charge in [-0.2, -0.15) is 0 Å². The van der Waals surface area contributed by atoms with Crippen molar-refractivity contribution >= 4 is 22.9 Å². The number of rotatable bonds is 4. The van der Waals surface area contributed by atoms with Crippen molar-refractivity contribution in [3.8, 4) is 0 Å². The molecular formula is C18H19ClO. The molecule has 0 spiro atoms. The van der Waals surface area contributed by atoms with E-state index in [1.807, 2.05) is 50.2 Å². The van der Waals surface area contributed by atoms with Gasteiger partial charge in [-0.05, 0) is 40.8 Å². The Kier molecular flexibility index (Phi) is 6.75. The number of benzene rings is 2. The summed E-state index contributed by atoms with van der Waals surface area (Å²) in [5.74, 6) is 0. The predicted octanol–water partition coefficient (Wildman–Crippen LogP) is 5.33. The second-order valence-corrected chi connectivity index (χ2v) is 4.41. The molecule has 0 heterocycles. The molecule has 0 radical (unpaired) electrons. The monoisotopic (exact) mass is 286 g/mol. The zero-order chi connectivity index (χ0) is 15.0. The van der Waals surface area contributed by atoms with Crippen LogP contribution in [-0.4, -0.2) is 5.24 Å². The smallest absolute Gasteiger partial charge is 0.253 e. The molecule has 2 aromatic carbocycles. The van der Waals surface area contributed by atoms with Crippen molar-refractivity contribution in [3.63, 3.8) is 0 Å². The van der Waals surface area contributed by atoms with Crippen LogP contribution in [0.5, 0.6) is 0 Å². The van der Waals surface area contributed by atoms with Gasteiger partial charge in [0.25, 0.3) is 5.24 Å². The molecule has 0 saturated heterocycles. The van der Waals surface area contributed by atoms with Crippen LogP contribution >= 0.6 is 11.6 Å². The van der Waals surface area contributed by atoms with Gasteiger partial charge in [0, 0.05) is 5.56 Å². The van der Waals surface area contributed by atoms with Crippen molar-refractivity contribution in [1.82, 2.24) is 0 Å².